The Kier molecular flexibility index (Phi) is 6.59. The van der Waals surface area contributed by atoms with Gasteiger partial charge < -0.3 is 10.6 Å². The molecule has 27 heavy (non-hydrogen) atoms. The summed E-state index contributed by atoms with van der Waals surface area (Å²) in [4.78, 5) is 15.7. The van der Waals surface area contributed by atoms with Crippen LogP contribution in [0, 0.1) is 0 Å². The molecule has 0 bridgehead atoms. The van der Waals surface area contributed by atoms with Gasteiger partial charge in [-0.2, -0.15) is 0 Å². The number of rotatable bonds is 7. The largest absolute Gasteiger partial charge is 0.380 e. The van der Waals surface area contributed by atoms with E-state index in [1.165, 1.54) is 12.3 Å². The number of amides is 1. The first-order valence-corrected chi connectivity index (χ1v) is 10.4. The van der Waals surface area contributed by atoms with Crippen LogP contribution < -0.4 is 10.6 Å². The lowest BCUT2D eigenvalue weighted by molar-refractivity contribution is -0.116. The third kappa shape index (κ3) is 5.53. The number of pyridine rings is 1. The Bertz CT molecular complexity index is 868. The molecule has 2 aromatic rings. The maximum atomic E-state index is 12.4. The van der Waals surface area contributed by atoms with Crippen LogP contribution in [-0.2, 0) is 21.2 Å². The highest BCUT2D eigenvalue weighted by Gasteiger charge is 2.31. The van der Waals surface area contributed by atoms with Crippen LogP contribution in [0.4, 0.5) is 11.4 Å². The van der Waals surface area contributed by atoms with Crippen molar-refractivity contribution in [3.8, 4) is 0 Å². The fraction of sp³-hybridized carbons (Fsp3) is 0.400. The van der Waals surface area contributed by atoms with E-state index < -0.39 is 14.6 Å². The number of carbonyl (C=O) groups excluding carboxylic acids is 1. The van der Waals surface area contributed by atoms with Crippen molar-refractivity contribution in [1.29, 1.82) is 0 Å². The molecule has 2 N–H and O–H groups in total. The van der Waals surface area contributed by atoms with Crippen molar-refractivity contribution < 1.29 is 13.2 Å². The van der Waals surface area contributed by atoms with Gasteiger partial charge in [-0.15, -0.1) is 0 Å². The van der Waals surface area contributed by atoms with Crippen molar-refractivity contribution in [2.24, 2.45) is 0 Å². The van der Waals surface area contributed by atoms with E-state index in [0.717, 1.165) is 23.4 Å². The van der Waals surface area contributed by atoms with E-state index in [-0.39, 0.29) is 10.9 Å². The number of hydrogen-bond acceptors (Lipinski definition) is 5. The topological polar surface area (TPSA) is 88.2 Å². The van der Waals surface area contributed by atoms with Gasteiger partial charge >= 0.3 is 0 Å². The first-order valence-electron chi connectivity index (χ1n) is 8.97. The Morgan fingerprint density at radius 2 is 1.67 bits per heavy atom. The molecule has 0 aliphatic heterocycles. The number of aromatic nitrogens is 1. The fourth-order valence-electron chi connectivity index (χ4n) is 2.32. The highest BCUT2D eigenvalue weighted by atomic mass is 32.2. The standard InChI is InChI=1S/C20H27N3O3S/c1-5-6-18(24)23-16-9-7-15(8-10-16)13-21-17-11-12-19(22-14-17)27(25,26)20(2,3)4/h7-12,14,21H,5-6,13H2,1-4H3,(H,23,24). The Morgan fingerprint density at radius 3 is 2.19 bits per heavy atom. The summed E-state index contributed by atoms with van der Waals surface area (Å²) < 4.78 is 23.9. The minimum atomic E-state index is -3.45. The van der Waals surface area contributed by atoms with Crippen LogP contribution in [0.15, 0.2) is 47.6 Å². The van der Waals surface area contributed by atoms with Crippen LogP contribution in [0.25, 0.3) is 0 Å². The zero-order valence-electron chi connectivity index (χ0n) is 16.2. The van der Waals surface area contributed by atoms with Gasteiger partial charge in [0.1, 0.15) is 0 Å². The van der Waals surface area contributed by atoms with Crippen molar-refractivity contribution >= 4 is 27.1 Å². The molecule has 0 aliphatic rings. The highest BCUT2D eigenvalue weighted by molar-refractivity contribution is 7.92. The molecule has 0 atom stereocenters. The molecule has 0 radical (unpaired) electrons. The summed E-state index contributed by atoms with van der Waals surface area (Å²) in [6.07, 6.45) is 2.85. The summed E-state index contributed by atoms with van der Waals surface area (Å²) in [5.41, 5.74) is 2.55. The molecule has 0 spiro atoms. The first kappa shape index (κ1) is 20.9. The molecule has 0 saturated carbocycles. The molecule has 2 rings (SSSR count). The second kappa shape index (κ2) is 8.52. The number of sulfone groups is 1. The van der Waals surface area contributed by atoms with E-state index >= 15 is 0 Å². The van der Waals surface area contributed by atoms with Crippen molar-refractivity contribution in [2.75, 3.05) is 10.6 Å². The van der Waals surface area contributed by atoms with Crippen LogP contribution >= 0.6 is 0 Å². The van der Waals surface area contributed by atoms with Gasteiger partial charge in [0.05, 0.1) is 16.6 Å². The van der Waals surface area contributed by atoms with Crippen LogP contribution in [0.1, 0.15) is 46.1 Å². The van der Waals surface area contributed by atoms with Crippen molar-refractivity contribution in [3.05, 3.63) is 48.2 Å². The Hall–Kier alpha value is -2.41. The molecule has 7 heteroatoms. The number of hydrogen-bond donors (Lipinski definition) is 2. The van der Waals surface area contributed by atoms with E-state index in [0.29, 0.717) is 13.0 Å². The van der Waals surface area contributed by atoms with Crippen LogP contribution in [0.3, 0.4) is 0 Å². The molecule has 0 saturated heterocycles. The van der Waals surface area contributed by atoms with E-state index in [2.05, 4.69) is 15.6 Å². The molecule has 146 valence electrons. The molecule has 0 unspecified atom stereocenters. The average Bonchev–Trinajstić information content (AvgIpc) is 2.61. The molecular formula is C20H27N3O3S. The van der Waals surface area contributed by atoms with E-state index in [1.807, 2.05) is 31.2 Å². The summed E-state index contributed by atoms with van der Waals surface area (Å²) in [6.45, 7) is 7.50. The number of nitrogens with zero attached hydrogens (tertiary/aromatic N) is 1. The predicted octanol–water partition coefficient (Wildman–Crippen LogP) is 4.00. The second-order valence-corrected chi connectivity index (χ2v) is 10.00. The zero-order chi connectivity index (χ0) is 20.1. The summed E-state index contributed by atoms with van der Waals surface area (Å²) in [7, 11) is -3.45. The van der Waals surface area contributed by atoms with Gasteiger partial charge in [0.2, 0.25) is 5.91 Å². The predicted molar refractivity (Wildman–Crippen MR) is 108 cm³/mol. The Morgan fingerprint density at radius 1 is 1.04 bits per heavy atom. The lowest BCUT2D eigenvalue weighted by atomic mass is 10.2. The van der Waals surface area contributed by atoms with Crippen LogP contribution in [0.5, 0.6) is 0 Å². The Labute approximate surface area is 161 Å². The summed E-state index contributed by atoms with van der Waals surface area (Å²) >= 11 is 0. The lowest BCUT2D eigenvalue weighted by Crippen LogP contribution is -2.28. The average molecular weight is 390 g/mol. The molecule has 6 nitrogen and oxygen atoms in total. The maximum Gasteiger partial charge on any atom is 0.224 e. The van der Waals surface area contributed by atoms with Crippen molar-refractivity contribution in [1.82, 2.24) is 4.98 Å². The quantitative estimate of drug-likeness (QED) is 0.747. The molecule has 1 amide bonds. The maximum absolute atomic E-state index is 12.4. The third-order valence-corrected chi connectivity index (χ3v) is 6.43. The summed E-state index contributed by atoms with van der Waals surface area (Å²) in [5, 5.41) is 6.14. The normalized spacial score (nSPS) is 11.9. The first-order chi connectivity index (χ1) is 12.6. The number of benzene rings is 1. The highest BCUT2D eigenvalue weighted by Crippen LogP contribution is 2.24. The van der Waals surface area contributed by atoms with Gasteiger partial charge in [-0.25, -0.2) is 13.4 Å². The van der Waals surface area contributed by atoms with Gasteiger partial charge in [-0.1, -0.05) is 19.1 Å². The van der Waals surface area contributed by atoms with Crippen LogP contribution in [-0.4, -0.2) is 24.1 Å². The Balaban J connectivity index is 1.96. The second-order valence-electron chi connectivity index (χ2n) is 7.35. The molecule has 1 heterocycles. The molecule has 1 aromatic carbocycles. The molecule has 1 aromatic heterocycles. The van der Waals surface area contributed by atoms with Gasteiger partial charge in [0.15, 0.2) is 14.9 Å². The monoisotopic (exact) mass is 389 g/mol. The van der Waals surface area contributed by atoms with Gasteiger partial charge in [-0.3, -0.25) is 4.79 Å². The fourth-order valence-corrected chi connectivity index (χ4v) is 3.38. The molecule has 0 aliphatic carbocycles. The lowest BCUT2D eigenvalue weighted by Gasteiger charge is -2.18. The van der Waals surface area contributed by atoms with E-state index in [1.54, 1.807) is 26.8 Å². The summed E-state index contributed by atoms with van der Waals surface area (Å²) in [5.74, 6) is 0.0137. The van der Waals surface area contributed by atoms with Crippen molar-refractivity contribution in [3.63, 3.8) is 0 Å². The zero-order valence-corrected chi connectivity index (χ0v) is 17.1. The van der Waals surface area contributed by atoms with Crippen molar-refractivity contribution in [2.45, 2.75) is 56.9 Å². The van der Waals surface area contributed by atoms with Crippen LogP contribution in [0.2, 0.25) is 0 Å². The minimum Gasteiger partial charge on any atom is -0.380 e. The minimum absolute atomic E-state index is 0.0137. The number of carbonyl (C=O) groups is 1. The van der Waals surface area contributed by atoms with Gasteiger partial charge in [0, 0.05) is 18.7 Å². The SMILES string of the molecule is CCCC(=O)Nc1ccc(CNc2ccc(S(=O)(=O)C(C)(C)C)nc2)cc1. The molecule has 0 fully saturated rings. The third-order valence-electron chi connectivity index (χ3n) is 4.03. The molecular weight excluding hydrogens is 362 g/mol. The van der Waals surface area contributed by atoms with E-state index in [4.69, 9.17) is 0 Å². The smallest absolute Gasteiger partial charge is 0.224 e. The number of anilines is 2. The van der Waals surface area contributed by atoms with Gasteiger partial charge in [0.25, 0.3) is 0 Å². The van der Waals surface area contributed by atoms with E-state index in [9.17, 15) is 13.2 Å². The summed E-state index contributed by atoms with van der Waals surface area (Å²) in [6, 6.07) is 10.8. The number of nitrogens with one attached hydrogen (secondary N) is 2. The van der Waals surface area contributed by atoms with Gasteiger partial charge in [-0.05, 0) is 57.0 Å².